The number of ether oxygens (including phenoxy) is 3. The van der Waals surface area contributed by atoms with Crippen molar-refractivity contribution in [2.24, 2.45) is 0 Å². The molecule has 2 unspecified atom stereocenters. The minimum Gasteiger partial charge on any atom is -0.508 e. The Labute approximate surface area is 236 Å². The fraction of sp³-hybridized carbons (Fsp3) is 0.444. The van der Waals surface area contributed by atoms with E-state index in [9.17, 15) is 55.9 Å². The Morgan fingerprint density at radius 3 is 1.95 bits per heavy atom. The van der Waals surface area contributed by atoms with E-state index >= 15 is 0 Å². The molecule has 2 aromatic carbocycles. The Hall–Kier alpha value is -3.35. The lowest BCUT2D eigenvalue weighted by Gasteiger charge is -2.42. The number of benzene rings is 2. The van der Waals surface area contributed by atoms with Crippen molar-refractivity contribution >= 4 is 11.0 Å². The second-order valence-corrected chi connectivity index (χ2v) is 10.1. The van der Waals surface area contributed by atoms with E-state index in [0.29, 0.717) is 5.56 Å². The van der Waals surface area contributed by atoms with Gasteiger partial charge in [0.2, 0.25) is 6.29 Å². The van der Waals surface area contributed by atoms with E-state index in [2.05, 4.69) is 0 Å². The maximum absolute atomic E-state index is 13.2. The molecule has 42 heavy (non-hydrogen) atoms. The zero-order valence-electron chi connectivity index (χ0n) is 21.7. The summed E-state index contributed by atoms with van der Waals surface area (Å²) in [5.41, 5.74) is -1.13. The number of phenolic OH excluding ortho intramolecular Hbond substituents is 2. The number of aromatic hydroxyl groups is 2. The minimum atomic E-state index is -1.94. The van der Waals surface area contributed by atoms with E-state index in [4.69, 9.17) is 18.6 Å². The second kappa shape index (κ2) is 11.7. The second-order valence-electron chi connectivity index (χ2n) is 10.1. The molecule has 15 heteroatoms. The Morgan fingerprint density at radius 2 is 1.33 bits per heavy atom. The number of phenols is 2. The van der Waals surface area contributed by atoms with Gasteiger partial charge in [-0.25, -0.2) is 0 Å². The summed E-state index contributed by atoms with van der Waals surface area (Å²) in [6, 6.07) is 7.78. The highest BCUT2D eigenvalue weighted by Crippen LogP contribution is 2.46. The molecule has 0 amide bonds. The third kappa shape index (κ3) is 5.20. The van der Waals surface area contributed by atoms with Crippen LogP contribution in [0.2, 0.25) is 0 Å². The standard InChI is InChI=1S/C27H30O15/c28-7-15-19(32)22(35)24(37)26(40-15)18-14(41-27-25(38)23(36)20(33)16(8-29)42-27)6-13-17(21(18)34)11(31)5-12(39-13)9-1-3-10(30)4-2-9/h1-6,15-16,19-20,22-30,32-38H,7-8H2/t15-,16-,19-,20-,22+,23+,24-,25-,26?,27?/m1/s1. The van der Waals surface area contributed by atoms with Crippen LogP contribution in [0.15, 0.2) is 45.6 Å². The van der Waals surface area contributed by atoms with Crippen LogP contribution >= 0.6 is 0 Å². The van der Waals surface area contributed by atoms with Crippen LogP contribution < -0.4 is 10.2 Å². The molecule has 2 fully saturated rings. The Kier molecular flexibility index (Phi) is 8.41. The fourth-order valence-corrected chi connectivity index (χ4v) is 5.07. The van der Waals surface area contributed by atoms with Crippen LogP contribution in [0.1, 0.15) is 11.7 Å². The Morgan fingerprint density at radius 1 is 0.738 bits per heavy atom. The van der Waals surface area contributed by atoms with Crippen molar-refractivity contribution in [1.82, 2.24) is 0 Å². The summed E-state index contributed by atoms with van der Waals surface area (Å²) in [7, 11) is 0. The van der Waals surface area contributed by atoms with Crippen molar-refractivity contribution in [3.63, 3.8) is 0 Å². The van der Waals surface area contributed by atoms with Gasteiger partial charge in [0.15, 0.2) is 5.43 Å². The molecule has 2 saturated heterocycles. The highest BCUT2D eigenvalue weighted by atomic mass is 16.7. The predicted octanol–water partition coefficient (Wildman–Crippen LogP) is -2.44. The van der Waals surface area contributed by atoms with Gasteiger partial charge in [-0.2, -0.15) is 0 Å². The van der Waals surface area contributed by atoms with Crippen molar-refractivity contribution in [2.45, 2.75) is 61.2 Å². The highest BCUT2D eigenvalue weighted by Gasteiger charge is 2.48. The van der Waals surface area contributed by atoms with Gasteiger partial charge in [0.25, 0.3) is 0 Å². The monoisotopic (exact) mass is 594 g/mol. The molecule has 0 bridgehead atoms. The number of aliphatic hydroxyl groups excluding tert-OH is 8. The van der Waals surface area contributed by atoms with Gasteiger partial charge >= 0.3 is 0 Å². The van der Waals surface area contributed by atoms with E-state index < -0.39 is 102 Å². The molecule has 10 atom stereocenters. The van der Waals surface area contributed by atoms with Gasteiger partial charge in [0.05, 0.1) is 18.8 Å². The molecule has 5 rings (SSSR count). The first-order valence-electron chi connectivity index (χ1n) is 12.9. The predicted molar refractivity (Wildman–Crippen MR) is 138 cm³/mol. The van der Waals surface area contributed by atoms with Crippen LogP contribution in [-0.2, 0) is 9.47 Å². The molecule has 228 valence electrons. The van der Waals surface area contributed by atoms with Gasteiger partial charge in [-0.1, -0.05) is 0 Å². The van der Waals surface area contributed by atoms with Crippen molar-refractivity contribution < 1.29 is 69.7 Å². The molecule has 3 aromatic rings. The van der Waals surface area contributed by atoms with Crippen molar-refractivity contribution in [2.75, 3.05) is 13.2 Å². The van der Waals surface area contributed by atoms with Crippen LogP contribution in [-0.4, -0.2) is 119 Å². The first-order valence-corrected chi connectivity index (χ1v) is 12.9. The summed E-state index contributed by atoms with van der Waals surface area (Å²) in [6.07, 6.45) is -17.4. The first kappa shape index (κ1) is 30.1. The molecule has 0 saturated carbocycles. The van der Waals surface area contributed by atoms with Gasteiger partial charge in [0.1, 0.15) is 88.9 Å². The van der Waals surface area contributed by atoms with E-state index in [1.54, 1.807) is 0 Å². The van der Waals surface area contributed by atoms with Crippen molar-refractivity contribution in [3.05, 3.63) is 52.2 Å². The summed E-state index contributed by atoms with van der Waals surface area (Å²) < 4.78 is 22.6. The molecule has 0 spiro atoms. The molecule has 15 nitrogen and oxygen atoms in total. The zero-order valence-corrected chi connectivity index (χ0v) is 21.7. The smallest absolute Gasteiger partial charge is 0.229 e. The topological polar surface area (TPSA) is 260 Å². The lowest BCUT2D eigenvalue weighted by molar-refractivity contribution is -0.278. The SMILES string of the molecule is O=c1cc(-c2ccc(O)cc2)oc2cc(OC3O[C@H](CO)[C@@H](O)[C@H](O)[C@H]3O)c(C3O[C@H](CO)[C@@H](O)[C@H](O)[C@H]3O)c(O)c12. The number of rotatable bonds is 6. The Balaban J connectivity index is 1.68. The maximum Gasteiger partial charge on any atom is 0.229 e. The van der Waals surface area contributed by atoms with Crippen molar-refractivity contribution in [1.29, 1.82) is 0 Å². The summed E-state index contributed by atoms with van der Waals surface area (Å²) >= 11 is 0. The molecule has 0 radical (unpaired) electrons. The quantitative estimate of drug-likeness (QED) is 0.142. The number of fused-ring (bicyclic) bond motifs is 1. The van der Waals surface area contributed by atoms with Crippen molar-refractivity contribution in [3.8, 4) is 28.6 Å². The molecule has 2 aliphatic rings. The third-order valence-corrected chi connectivity index (χ3v) is 7.41. The first-order chi connectivity index (χ1) is 20.0. The molecular weight excluding hydrogens is 564 g/mol. The molecule has 1 aromatic heterocycles. The number of hydrogen-bond donors (Lipinski definition) is 10. The van der Waals surface area contributed by atoms with E-state index in [-0.39, 0.29) is 17.1 Å². The van der Waals surface area contributed by atoms with Crippen LogP contribution in [0, 0.1) is 0 Å². The van der Waals surface area contributed by atoms with Gasteiger partial charge in [-0.05, 0) is 24.3 Å². The molecule has 2 aliphatic heterocycles. The lowest BCUT2D eigenvalue weighted by Crippen LogP contribution is -2.60. The number of hydrogen-bond acceptors (Lipinski definition) is 15. The summed E-state index contributed by atoms with van der Waals surface area (Å²) in [4.78, 5) is 13.2. The van der Waals surface area contributed by atoms with E-state index in [1.807, 2.05) is 0 Å². The molecule has 10 N–H and O–H groups in total. The van der Waals surface area contributed by atoms with Gasteiger partial charge in [-0.3, -0.25) is 4.79 Å². The third-order valence-electron chi connectivity index (χ3n) is 7.41. The summed E-state index contributed by atoms with van der Waals surface area (Å²) in [5, 5.41) is 102. The molecular formula is C27H30O15. The number of aliphatic hydroxyl groups is 8. The van der Waals surface area contributed by atoms with Crippen LogP contribution in [0.5, 0.6) is 17.2 Å². The summed E-state index contributed by atoms with van der Waals surface area (Å²) in [5.74, 6) is -1.33. The van der Waals surface area contributed by atoms with Crippen LogP contribution in [0.25, 0.3) is 22.3 Å². The highest BCUT2D eigenvalue weighted by molar-refractivity contribution is 5.88. The molecule has 3 heterocycles. The van der Waals surface area contributed by atoms with E-state index in [0.717, 1.165) is 12.1 Å². The van der Waals surface area contributed by atoms with E-state index in [1.165, 1.54) is 24.3 Å². The van der Waals surface area contributed by atoms with Gasteiger partial charge < -0.3 is 69.7 Å². The average Bonchev–Trinajstić information content (AvgIpc) is 2.97. The van der Waals surface area contributed by atoms with Gasteiger partial charge in [0, 0.05) is 17.7 Å². The fourth-order valence-electron chi connectivity index (χ4n) is 5.07. The minimum absolute atomic E-state index is 0.0197. The maximum atomic E-state index is 13.2. The Bertz CT molecular complexity index is 1470. The largest absolute Gasteiger partial charge is 0.508 e. The normalized spacial score (nSPS) is 33.5. The zero-order chi connectivity index (χ0) is 30.5. The lowest BCUT2D eigenvalue weighted by atomic mass is 9.89. The summed E-state index contributed by atoms with van der Waals surface area (Å²) in [6.45, 7) is -1.59. The van der Waals surface area contributed by atoms with Gasteiger partial charge in [-0.15, -0.1) is 0 Å². The average molecular weight is 595 g/mol. The van der Waals surface area contributed by atoms with Crippen LogP contribution in [0.3, 0.4) is 0 Å². The molecule has 0 aliphatic carbocycles. The van der Waals surface area contributed by atoms with Crippen LogP contribution in [0.4, 0.5) is 0 Å².